The van der Waals surface area contributed by atoms with Crippen LogP contribution < -0.4 is 0 Å². The van der Waals surface area contributed by atoms with Crippen LogP contribution >= 0.6 is 11.8 Å². The van der Waals surface area contributed by atoms with Gasteiger partial charge in [-0.3, -0.25) is 9.59 Å². The maximum atomic E-state index is 13.0. The summed E-state index contributed by atoms with van der Waals surface area (Å²) in [6.45, 7) is 1.52. The van der Waals surface area contributed by atoms with Crippen LogP contribution in [0.25, 0.3) is 0 Å². The topological polar surface area (TPSA) is 49.9 Å². The molecule has 1 aromatic rings. The van der Waals surface area contributed by atoms with Gasteiger partial charge >= 0.3 is 0 Å². The largest absolute Gasteiger partial charge is 0.370 e. The molecule has 0 aliphatic carbocycles. The molecular weight excluding hydrogens is 307 g/mol. The molecule has 0 saturated carbocycles. The normalized spacial score (nSPS) is 22.2. The average Bonchev–Trinajstić information content (AvgIpc) is 2.93. The first-order valence-corrected chi connectivity index (χ1v) is 8.29. The highest BCUT2D eigenvalue weighted by molar-refractivity contribution is 8.00. The molecule has 0 unspecified atom stereocenters. The minimum absolute atomic E-state index is 0.0155. The average molecular weight is 324 g/mol. The van der Waals surface area contributed by atoms with E-state index in [-0.39, 0.29) is 30.3 Å². The van der Waals surface area contributed by atoms with Crippen molar-refractivity contribution in [2.45, 2.75) is 6.10 Å². The fraction of sp³-hybridized carbons (Fsp3) is 0.467. The number of halogens is 1. The number of rotatable bonds is 3. The number of amides is 2. The second-order valence-corrected chi connectivity index (χ2v) is 6.28. The van der Waals surface area contributed by atoms with E-state index in [1.54, 1.807) is 21.9 Å². The van der Waals surface area contributed by atoms with Crippen molar-refractivity contribution in [2.75, 3.05) is 37.9 Å². The van der Waals surface area contributed by atoms with Crippen molar-refractivity contribution in [1.82, 2.24) is 9.80 Å². The molecule has 0 aromatic heterocycles. The fourth-order valence-electron chi connectivity index (χ4n) is 2.56. The lowest BCUT2D eigenvalue weighted by Gasteiger charge is -2.34. The van der Waals surface area contributed by atoms with Crippen molar-refractivity contribution in [3.63, 3.8) is 0 Å². The fourth-order valence-corrected chi connectivity index (χ4v) is 3.46. The molecule has 2 aliphatic heterocycles. The molecule has 0 spiro atoms. The molecule has 5 nitrogen and oxygen atoms in total. The van der Waals surface area contributed by atoms with Crippen LogP contribution in [0.2, 0.25) is 0 Å². The van der Waals surface area contributed by atoms with Gasteiger partial charge in [-0.25, -0.2) is 4.39 Å². The molecule has 0 bridgehead atoms. The summed E-state index contributed by atoms with van der Waals surface area (Å²) in [7, 11) is 0. The molecule has 22 heavy (non-hydrogen) atoms. The summed E-state index contributed by atoms with van der Waals surface area (Å²) < 4.78 is 18.7. The zero-order chi connectivity index (χ0) is 15.5. The van der Waals surface area contributed by atoms with Gasteiger partial charge in [0.05, 0.1) is 24.8 Å². The van der Waals surface area contributed by atoms with Crippen LogP contribution in [0.1, 0.15) is 11.7 Å². The van der Waals surface area contributed by atoms with E-state index in [0.29, 0.717) is 31.3 Å². The van der Waals surface area contributed by atoms with Crippen molar-refractivity contribution in [2.24, 2.45) is 0 Å². The van der Waals surface area contributed by atoms with Gasteiger partial charge in [0.1, 0.15) is 18.5 Å². The van der Waals surface area contributed by atoms with Gasteiger partial charge in [0.2, 0.25) is 11.8 Å². The molecular formula is C15H17FN2O3S. The Kier molecular flexibility index (Phi) is 4.63. The molecule has 0 radical (unpaired) electrons. The lowest BCUT2D eigenvalue weighted by molar-refractivity contribution is -0.143. The Balaban J connectivity index is 1.61. The van der Waals surface area contributed by atoms with Crippen LogP contribution in [0.3, 0.4) is 0 Å². The number of hydrogen-bond acceptors (Lipinski definition) is 4. The van der Waals surface area contributed by atoms with Crippen molar-refractivity contribution in [3.05, 3.63) is 35.6 Å². The van der Waals surface area contributed by atoms with Crippen LogP contribution in [-0.2, 0) is 14.3 Å². The van der Waals surface area contributed by atoms with Crippen molar-refractivity contribution in [3.8, 4) is 0 Å². The number of thioether (sulfide) groups is 1. The lowest BCUT2D eigenvalue weighted by atomic mass is 10.1. The van der Waals surface area contributed by atoms with E-state index < -0.39 is 0 Å². The Labute approximate surface area is 132 Å². The highest BCUT2D eigenvalue weighted by Crippen LogP contribution is 2.23. The number of carbonyl (C=O) groups excluding carboxylic acids is 2. The quantitative estimate of drug-likeness (QED) is 0.840. The third-order valence-corrected chi connectivity index (χ3v) is 4.76. The van der Waals surface area contributed by atoms with Gasteiger partial charge in [-0.15, -0.1) is 11.8 Å². The van der Waals surface area contributed by atoms with Crippen molar-refractivity contribution < 1.29 is 18.7 Å². The molecule has 2 amide bonds. The molecule has 3 rings (SSSR count). The van der Waals surface area contributed by atoms with E-state index in [4.69, 9.17) is 4.74 Å². The van der Waals surface area contributed by atoms with Gasteiger partial charge in [-0.05, 0) is 17.7 Å². The zero-order valence-corrected chi connectivity index (χ0v) is 12.9. The summed E-state index contributed by atoms with van der Waals surface area (Å²) in [6.07, 6.45) is -0.248. The van der Waals surface area contributed by atoms with E-state index >= 15 is 0 Å². The predicted molar refractivity (Wildman–Crippen MR) is 80.7 cm³/mol. The Morgan fingerprint density at radius 2 is 2.14 bits per heavy atom. The maximum absolute atomic E-state index is 13.0. The van der Waals surface area contributed by atoms with Crippen LogP contribution in [0.15, 0.2) is 24.3 Å². The summed E-state index contributed by atoms with van der Waals surface area (Å²) in [6, 6.07) is 6.13. The molecule has 1 aromatic carbocycles. The number of ether oxygens (including phenoxy) is 1. The Bertz CT molecular complexity index is 566. The molecule has 1 atom stereocenters. The van der Waals surface area contributed by atoms with E-state index in [1.165, 1.54) is 23.9 Å². The van der Waals surface area contributed by atoms with Crippen molar-refractivity contribution in [1.29, 1.82) is 0 Å². The second-order valence-electron chi connectivity index (χ2n) is 5.32. The van der Waals surface area contributed by atoms with Crippen LogP contribution in [-0.4, -0.2) is 59.5 Å². The van der Waals surface area contributed by atoms with E-state index in [9.17, 15) is 14.0 Å². The first kappa shape index (κ1) is 15.3. The summed E-state index contributed by atoms with van der Waals surface area (Å²) in [5.41, 5.74) is 0.853. The molecule has 7 heteroatoms. The number of carbonyl (C=O) groups is 2. The standard InChI is InChI=1S/C15H17FN2O3S/c16-12-3-1-11(2-4-12)13-7-17(5-6-21-13)14(19)8-18-10-22-9-15(18)20/h1-4,13H,5-10H2/t13-/m1/s1. The second kappa shape index (κ2) is 6.66. The SMILES string of the molecule is O=C1CSCN1CC(=O)N1CCO[C@@H](c2ccc(F)cc2)C1. The number of hydrogen-bond donors (Lipinski definition) is 0. The number of nitrogens with zero attached hydrogens (tertiary/aromatic N) is 2. The van der Waals surface area contributed by atoms with Crippen LogP contribution in [0.4, 0.5) is 4.39 Å². The molecule has 2 heterocycles. The number of benzene rings is 1. The van der Waals surface area contributed by atoms with Gasteiger partial charge < -0.3 is 14.5 Å². The smallest absolute Gasteiger partial charge is 0.242 e. The molecule has 2 fully saturated rings. The first-order chi connectivity index (χ1) is 10.6. The van der Waals surface area contributed by atoms with Gasteiger partial charge in [-0.1, -0.05) is 12.1 Å². The predicted octanol–water partition coefficient (Wildman–Crippen LogP) is 1.26. The summed E-state index contributed by atoms with van der Waals surface area (Å²) >= 11 is 1.52. The Hall–Kier alpha value is -1.60. The minimum atomic E-state index is -0.294. The van der Waals surface area contributed by atoms with Crippen LogP contribution in [0.5, 0.6) is 0 Å². The molecule has 2 saturated heterocycles. The zero-order valence-electron chi connectivity index (χ0n) is 12.0. The Morgan fingerprint density at radius 3 is 2.82 bits per heavy atom. The third kappa shape index (κ3) is 3.41. The highest BCUT2D eigenvalue weighted by atomic mass is 32.2. The highest BCUT2D eigenvalue weighted by Gasteiger charge is 2.29. The lowest BCUT2D eigenvalue weighted by Crippen LogP contribution is -2.47. The summed E-state index contributed by atoms with van der Waals surface area (Å²) in [5, 5.41) is 0. The van der Waals surface area contributed by atoms with E-state index in [2.05, 4.69) is 0 Å². The van der Waals surface area contributed by atoms with Crippen molar-refractivity contribution >= 4 is 23.6 Å². The molecule has 2 aliphatic rings. The monoisotopic (exact) mass is 324 g/mol. The van der Waals surface area contributed by atoms with Gasteiger partial charge in [0, 0.05) is 6.54 Å². The minimum Gasteiger partial charge on any atom is -0.370 e. The Morgan fingerprint density at radius 1 is 1.36 bits per heavy atom. The molecule has 0 N–H and O–H groups in total. The van der Waals surface area contributed by atoms with Crippen LogP contribution in [0, 0.1) is 5.82 Å². The number of morpholine rings is 1. The van der Waals surface area contributed by atoms with E-state index in [0.717, 1.165) is 5.56 Å². The first-order valence-electron chi connectivity index (χ1n) is 7.14. The third-order valence-electron chi connectivity index (χ3n) is 3.81. The molecule has 118 valence electrons. The van der Waals surface area contributed by atoms with Gasteiger partial charge in [0.25, 0.3) is 0 Å². The maximum Gasteiger partial charge on any atom is 0.242 e. The summed E-state index contributed by atoms with van der Waals surface area (Å²) in [5.74, 6) is 0.691. The summed E-state index contributed by atoms with van der Waals surface area (Å²) in [4.78, 5) is 27.2. The van der Waals surface area contributed by atoms with Gasteiger partial charge in [-0.2, -0.15) is 0 Å². The van der Waals surface area contributed by atoms with E-state index in [1.807, 2.05) is 0 Å². The van der Waals surface area contributed by atoms with Gasteiger partial charge in [0.15, 0.2) is 0 Å².